The minimum Gasteiger partial charge on any atom is -0.462 e. The summed E-state index contributed by atoms with van der Waals surface area (Å²) in [5, 5.41) is 0. The van der Waals surface area contributed by atoms with Crippen molar-refractivity contribution < 1.29 is 28.6 Å². The summed E-state index contributed by atoms with van der Waals surface area (Å²) in [6.45, 7) is 6.56. The summed E-state index contributed by atoms with van der Waals surface area (Å²) in [5.41, 5.74) is 0. The maximum absolute atomic E-state index is 12.9. The van der Waals surface area contributed by atoms with Crippen LogP contribution in [0.25, 0.3) is 0 Å². The molecule has 0 amide bonds. The van der Waals surface area contributed by atoms with Gasteiger partial charge in [0.2, 0.25) is 0 Å². The third-order valence-electron chi connectivity index (χ3n) is 13.4. The second kappa shape index (κ2) is 61.1. The molecule has 0 aromatic carbocycles. The number of hydrogen-bond acceptors (Lipinski definition) is 6. The van der Waals surface area contributed by atoms with Crippen LogP contribution in [-0.2, 0) is 28.6 Å². The largest absolute Gasteiger partial charge is 0.462 e. The summed E-state index contributed by atoms with van der Waals surface area (Å²) < 4.78 is 16.8. The fourth-order valence-electron chi connectivity index (χ4n) is 8.65. The van der Waals surface area contributed by atoms with Crippen LogP contribution < -0.4 is 0 Å². The fourth-order valence-corrected chi connectivity index (χ4v) is 8.65. The SMILES string of the molecule is CCCCC/C=C\C/C=C\C/C=C\C/C=C\C/C=C\CCC(=O)OC[C@H](COC(=O)CCCCCCCCCCCCC/C=C\CCCCCCCC)OC(=O)CCCCCCC/C=C\CCCCCCCC. The molecule has 0 saturated carbocycles. The lowest BCUT2D eigenvalue weighted by atomic mass is 10.0. The Morgan fingerprint density at radius 1 is 0.274 bits per heavy atom. The lowest BCUT2D eigenvalue weighted by Gasteiger charge is -2.18. The molecule has 0 aromatic heterocycles. The molecule has 0 bridgehead atoms. The van der Waals surface area contributed by atoms with Crippen LogP contribution in [0.1, 0.15) is 303 Å². The molecule has 0 spiro atoms. The van der Waals surface area contributed by atoms with Crippen LogP contribution >= 0.6 is 0 Å². The molecule has 0 aliphatic heterocycles. The van der Waals surface area contributed by atoms with E-state index in [2.05, 4.69) is 99.8 Å². The van der Waals surface area contributed by atoms with E-state index in [0.717, 1.165) is 77.0 Å². The van der Waals surface area contributed by atoms with Crippen LogP contribution in [0, 0.1) is 0 Å². The van der Waals surface area contributed by atoms with Crippen molar-refractivity contribution in [2.75, 3.05) is 13.2 Å². The molecule has 0 fully saturated rings. The summed E-state index contributed by atoms with van der Waals surface area (Å²) in [6.07, 6.45) is 80.2. The molecule has 1 atom stereocenters. The van der Waals surface area contributed by atoms with Crippen molar-refractivity contribution in [1.29, 1.82) is 0 Å². The van der Waals surface area contributed by atoms with E-state index < -0.39 is 6.10 Å². The normalized spacial score (nSPS) is 12.6. The van der Waals surface area contributed by atoms with Crippen molar-refractivity contribution in [3.63, 3.8) is 0 Å². The second-order valence-electron chi connectivity index (χ2n) is 20.6. The first-order chi connectivity index (χ1) is 36.0. The highest BCUT2D eigenvalue weighted by molar-refractivity contribution is 5.71. The number of hydrogen-bond donors (Lipinski definition) is 0. The first kappa shape index (κ1) is 69.6. The Bertz CT molecular complexity index is 1400. The lowest BCUT2D eigenvalue weighted by molar-refractivity contribution is -0.166. The van der Waals surface area contributed by atoms with Crippen molar-refractivity contribution in [3.8, 4) is 0 Å². The van der Waals surface area contributed by atoms with Crippen LogP contribution in [0.5, 0.6) is 0 Å². The third-order valence-corrected chi connectivity index (χ3v) is 13.4. The van der Waals surface area contributed by atoms with E-state index in [9.17, 15) is 14.4 Å². The van der Waals surface area contributed by atoms with E-state index >= 15 is 0 Å². The van der Waals surface area contributed by atoms with Gasteiger partial charge in [-0.1, -0.05) is 260 Å². The smallest absolute Gasteiger partial charge is 0.306 e. The van der Waals surface area contributed by atoms with Gasteiger partial charge < -0.3 is 14.2 Å². The van der Waals surface area contributed by atoms with E-state index in [1.807, 2.05) is 6.08 Å². The number of ether oxygens (including phenoxy) is 3. The van der Waals surface area contributed by atoms with Gasteiger partial charge in [0.15, 0.2) is 6.10 Å². The fraction of sp³-hybridized carbons (Fsp3) is 0.746. The standard InChI is InChI=1S/C67H116O6/c1-4-7-10-13-16-19-22-25-28-30-32-33-35-37-40-42-45-48-51-54-57-60-66(69)72-63-64(73-67(70)61-58-55-52-49-46-43-38-27-24-21-18-15-12-9-6-3)62-71-65(68)59-56-53-50-47-44-41-39-36-34-31-29-26-23-20-17-14-11-8-5-2/h17,20,25-29,34,36,38,41,44,50,53,64H,4-16,18-19,21-24,30-33,35,37,39-40,42-43,45-49,51-52,54-63H2,1-3H3/b20-17-,28-25-,29-26-,36-34-,38-27-,44-41-,53-50-/t64-/m1/s1. The molecule has 0 radical (unpaired) electrons. The number of unbranched alkanes of at least 4 members (excludes halogenated alkanes) is 31. The maximum atomic E-state index is 12.9. The second-order valence-corrected chi connectivity index (χ2v) is 20.6. The Morgan fingerprint density at radius 3 is 0.890 bits per heavy atom. The van der Waals surface area contributed by atoms with Gasteiger partial charge in [0.1, 0.15) is 13.2 Å². The molecule has 0 aromatic rings. The van der Waals surface area contributed by atoms with E-state index in [1.54, 1.807) is 0 Å². The van der Waals surface area contributed by atoms with Gasteiger partial charge in [-0.3, -0.25) is 14.4 Å². The summed E-state index contributed by atoms with van der Waals surface area (Å²) >= 11 is 0. The molecule has 0 N–H and O–H groups in total. The zero-order valence-corrected chi connectivity index (χ0v) is 48.1. The number of allylic oxidation sites excluding steroid dienone is 14. The van der Waals surface area contributed by atoms with Crippen LogP contribution in [0.4, 0.5) is 0 Å². The average molecular weight is 1020 g/mol. The number of esters is 3. The van der Waals surface area contributed by atoms with Crippen molar-refractivity contribution in [2.24, 2.45) is 0 Å². The van der Waals surface area contributed by atoms with Crippen molar-refractivity contribution >= 4 is 17.9 Å². The highest BCUT2D eigenvalue weighted by Gasteiger charge is 2.19. The molecule has 0 saturated heterocycles. The summed E-state index contributed by atoms with van der Waals surface area (Å²) in [7, 11) is 0. The summed E-state index contributed by atoms with van der Waals surface area (Å²) in [6, 6.07) is 0. The van der Waals surface area contributed by atoms with Crippen molar-refractivity contribution in [2.45, 2.75) is 309 Å². The zero-order chi connectivity index (χ0) is 52.9. The topological polar surface area (TPSA) is 78.9 Å². The van der Waals surface area contributed by atoms with Gasteiger partial charge in [0.05, 0.1) is 0 Å². The monoisotopic (exact) mass is 1020 g/mol. The molecule has 0 rings (SSSR count). The Kier molecular flexibility index (Phi) is 58.3. The average Bonchev–Trinajstić information content (AvgIpc) is 3.39. The molecular formula is C67H116O6. The Labute approximate surface area is 452 Å². The van der Waals surface area contributed by atoms with Gasteiger partial charge in [0, 0.05) is 19.3 Å². The first-order valence-corrected chi connectivity index (χ1v) is 31.1. The zero-order valence-electron chi connectivity index (χ0n) is 48.1. The molecule has 420 valence electrons. The first-order valence-electron chi connectivity index (χ1n) is 31.1. The Hall–Kier alpha value is -3.41. The van der Waals surface area contributed by atoms with Gasteiger partial charge in [-0.05, 0) is 109 Å². The molecule has 6 heteroatoms. The minimum absolute atomic E-state index is 0.102. The highest BCUT2D eigenvalue weighted by Crippen LogP contribution is 2.15. The number of carbonyl (C=O) groups excluding carboxylic acids is 3. The molecule has 73 heavy (non-hydrogen) atoms. The minimum atomic E-state index is -0.812. The van der Waals surface area contributed by atoms with E-state index in [0.29, 0.717) is 19.3 Å². The van der Waals surface area contributed by atoms with Crippen LogP contribution in [-0.4, -0.2) is 37.2 Å². The summed E-state index contributed by atoms with van der Waals surface area (Å²) in [4.78, 5) is 38.2. The van der Waals surface area contributed by atoms with Crippen molar-refractivity contribution in [1.82, 2.24) is 0 Å². The molecule has 6 nitrogen and oxygen atoms in total. The van der Waals surface area contributed by atoms with Gasteiger partial charge in [-0.25, -0.2) is 0 Å². The third kappa shape index (κ3) is 59.3. The number of carbonyl (C=O) groups is 3. The molecular weight excluding hydrogens is 901 g/mol. The van der Waals surface area contributed by atoms with Gasteiger partial charge in [0.25, 0.3) is 0 Å². The lowest BCUT2D eigenvalue weighted by Crippen LogP contribution is -2.30. The number of rotatable bonds is 56. The Morgan fingerprint density at radius 2 is 0.521 bits per heavy atom. The van der Waals surface area contributed by atoms with E-state index in [4.69, 9.17) is 14.2 Å². The van der Waals surface area contributed by atoms with Crippen LogP contribution in [0.2, 0.25) is 0 Å². The summed E-state index contributed by atoms with van der Waals surface area (Å²) in [5.74, 6) is -0.988. The van der Waals surface area contributed by atoms with Crippen molar-refractivity contribution in [3.05, 3.63) is 85.1 Å². The molecule has 0 unspecified atom stereocenters. The molecule has 0 heterocycles. The molecule has 0 aliphatic carbocycles. The van der Waals surface area contributed by atoms with Gasteiger partial charge >= 0.3 is 17.9 Å². The predicted octanol–water partition coefficient (Wildman–Crippen LogP) is 21.1. The van der Waals surface area contributed by atoms with Crippen LogP contribution in [0.3, 0.4) is 0 Å². The quantitative estimate of drug-likeness (QED) is 0.0261. The predicted molar refractivity (Wildman–Crippen MR) is 316 cm³/mol. The van der Waals surface area contributed by atoms with Crippen LogP contribution in [0.15, 0.2) is 85.1 Å². The maximum Gasteiger partial charge on any atom is 0.306 e. The Balaban J connectivity index is 4.45. The highest BCUT2D eigenvalue weighted by atomic mass is 16.6. The van der Waals surface area contributed by atoms with Gasteiger partial charge in [-0.2, -0.15) is 0 Å². The van der Waals surface area contributed by atoms with E-state index in [1.165, 1.54) is 180 Å². The van der Waals surface area contributed by atoms with Gasteiger partial charge in [-0.15, -0.1) is 0 Å². The van der Waals surface area contributed by atoms with E-state index in [-0.39, 0.29) is 37.5 Å². The molecule has 0 aliphatic rings.